The third-order valence-corrected chi connectivity index (χ3v) is 5.00. The molecule has 1 aliphatic heterocycles. The van der Waals surface area contributed by atoms with Crippen molar-refractivity contribution in [3.63, 3.8) is 0 Å². The zero-order chi connectivity index (χ0) is 22.0. The second-order valence-electron chi connectivity index (χ2n) is 7.40. The van der Waals surface area contributed by atoms with Gasteiger partial charge in [-0.25, -0.2) is 0 Å². The van der Waals surface area contributed by atoms with E-state index in [1.54, 1.807) is 0 Å². The molecular formula is C28H24O4. The third kappa shape index (κ3) is 5.95. The summed E-state index contributed by atoms with van der Waals surface area (Å²) in [6.07, 6.45) is 0.0882. The van der Waals surface area contributed by atoms with Crippen molar-refractivity contribution >= 4 is 5.78 Å². The summed E-state index contributed by atoms with van der Waals surface area (Å²) in [6, 6.07) is 29.1. The number of hydrogen-bond acceptors (Lipinski definition) is 4. The highest BCUT2D eigenvalue weighted by molar-refractivity contribution is 6.03. The lowest BCUT2D eigenvalue weighted by molar-refractivity contribution is -0.144. The second kappa shape index (κ2) is 11.1. The van der Waals surface area contributed by atoms with Gasteiger partial charge in [0, 0.05) is 5.56 Å². The van der Waals surface area contributed by atoms with E-state index >= 15 is 0 Å². The molecule has 0 radical (unpaired) electrons. The van der Waals surface area contributed by atoms with Crippen LogP contribution in [-0.2, 0) is 32.2 Å². The molecule has 0 aromatic heterocycles. The third-order valence-electron chi connectivity index (χ3n) is 5.00. The van der Waals surface area contributed by atoms with Crippen molar-refractivity contribution in [1.29, 1.82) is 0 Å². The number of rotatable bonds is 7. The van der Waals surface area contributed by atoms with E-state index in [1.807, 2.05) is 91.0 Å². The van der Waals surface area contributed by atoms with Crippen LogP contribution in [0.4, 0.5) is 0 Å². The van der Waals surface area contributed by atoms with Crippen LogP contribution < -0.4 is 0 Å². The van der Waals surface area contributed by atoms with E-state index in [9.17, 15) is 4.79 Å². The second-order valence-corrected chi connectivity index (χ2v) is 7.40. The Bertz CT molecular complexity index is 1100. The monoisotopic (exact) mass is 424 g/mol. The summed E-state index contributed by atoms with van der Waals surface area (Å²) in [5.74, 6) is 5.76. The first-order valence-corrected chi connectivity index (χ1v) is 10.5. The fourth-order valence-corrected chi connectivity index (χ4v) is 3.30. The summed E-state index contributed by atoms with van der Waals surface area (Å²) in [6.45, 7) is 0.968. The lowest BCUT2D eigenvalue weighted by Crippen LogP contribution is -2.44. The van der Waals surface area contributed by atoms with E-state index in [2.05, 4.69) is 11.8 Å². The van der Waals surface area contributed by atoms with Gasteiger partial charge >= 0.3 is 0 Å². The minimum absolute atomic E-state index is 0.191. The molecule has 4 heteroatoms. The molecule has 0 amide bonds. The molecule has 0 unspecified atom stereocenters. The first-order valence-electron chi connectivity index (χ1n) is 10.5. The molecule has 4 nitrogen and oxygen atoms in total. The molecule has 3 aromatic carbocycles. The van der Waals surface area contributed by atoms with Gasteiger partial charge in [-0.15, -0.1) is 0 Å². The largest absolute Gasteiger partial charge is 0.491 e. The maximum Gasteiger partial charge on any atom is 0.206 e. The topological polar surface area (TPSA) is 44.8 Å². The summed E-state index contributed by atoms with van der Waals surface area (Å²) in [4.78, 5) is 13.2. The molecule has 0 N–H and O–H groups in total. The quantitative estimate of drug-likeness (QED) is 0.516. The molecule has 1 heterocycles. The fourth-order valence-electron chi connectivity index (χ4n) is 3.30. The number of carbonyl (C=O) groups is 1. The Morgan fingerprint density at radius 3 is 2.00 bits per heavy atom. The molecule has 2 atom stereocenters. The van der Waals surface area contributed by atoms with Crippen LogP contribution in [0.2, 0.25) is 0 Å². The van der Waals surface area contributed by atoms with Crippen LogP contribution in [0.15, 0.2) is 103 Å². The van der Waals surface area contributed by atoms with Gasteiger partial charge in [-0.2, -0.15) is 0 Å². The number of Topliss-reactive ketones (excluding diaryl/α,β-unsaturated/α-hetero) is 1. The maximum atomic E-state index is 13.2. The Labute approximate surface area is 188 Å². The molecule has 0 saturated heterocycles. The van der Waals surface area contributed by atoms with E-state index in [-0.39, 0.29) is 12.4 Å². The van der Waals surface area contributed by atoms with Crippen LogP contribution in [0.1, 0.15) is 16.7 Å². The van der Waals surface area contributed by atoms with Crippen LogP contribution in [-0.4, -0.2) is 24.6 Å². The summed E-state index contributed by atoms with van der Waals surface area (Å²) in [5.41, 5.74) is 3.17. The van der Waals surface area contributed by atoms with Gasteiger partial charge in [0.25, 0.3) is 0 Å². The number of ketones is 1. The van der Waals surface area contributed by atoms with Crippen LogP contribution >= 0.6 is 0 Å². The van der Waals surface area contributed by atoms with Gasteiger partial charge in [-0.05, 0) is 23.3 Å². The average Bonchev–Trinajstić information content (AvgIpc) is 2.85. The molecule has 0 fully saturated rings. The van der Waals surface area contributed by atoms with Crippen LogP contribution in [0, 0.1) is 11.8 Å². The van der Waals surface area contributed by atoms with Crippen molar-refractivity contribution in [2.24, 2.45) is 0 Å². The van der Waals surface area contributed by atoms with Crippen molar-refractivity contribution in [2.45, 2.75) is 25.4 Å². The van der Waals surface area contributed by atoms with Crippen molar-refractivity contribution in [3.8, 4) is 11.8 Å². The SMILES string of the molecule is O=C1C(C#Cc2ccccc2)=CO[C@H](COCc2ccccc2)[C@H]1OCc1ccccc1. The molecule has 1 aliphatic rings. The number of ether oxygens (including phenoxy) is 3. The predicted molar refractivity (Wildman–Crippen MR) is 122 cm³/mol. The Morgan fingerprint density at radius 2 is 1.34 bits per heavy atom. The van der Waals surface area contributed by atoms with Gasteiger partial charge < -0.3 is 14.2 Å². The van der Waals surface area contributed by atoms with Crippen LogP contribution in [0.3, 0.4) is 0 Å². The molecule has 160 valence electrons. The van der Waals surface area contributed by atoms with Crippen molar-refractivity contribution in [2.75, 3.05) is 6.61 Å². The van der Waals surface area contributed by atoms with Gasteiger partial charge in [0.2, 0.25) is 5.78 Å². The lowest BCUT2D eigenvalue weighted by Gasteiger charge is -2.29. The Kier molecular flexibility index (Phi) is 7.49. The molecular weight excluding hydrogens is 400 g/mol. The molecule has 4 rings (SSSR count). The highest BCUT2D eigenvalue weighted by Gasteiger charge is 2.36. The minimum Gasteiger partial charge on any atom is -0.491 e. The highest BCUT2D eigenvalue weighted by Crippen LogP contribution is 2.20. The molecule has 3 aromatic rings. The average molecular weight is 424 g/mol. The number of benzene rings is 3. The zero-order valence-corrected chi connectivity index (χ0v) is 17.6. The fraction of sp³-hybridized carbons (Fsp3) is 0.179. The number of carbonyl (C=O) groups excluding carboxylic acids is 1. The highest BCUT2D eigenvalue weighted by atomic mass is 16.6. The van der Waals surface area contributed by atoms with Crippen molar-refractivity contribution < 1.29 is 19.0 Å². The van der Waals surface area contributed by atoms with E-state index < -0.39 is 12.2 Å². The summed E-state index contributed by atoms with van der Waals surface area (Å²) >= 11 is 0. The van der Waals surface area contributed by atoms with Gasteiger partial charge in [0.15, 0.2) is 12.2 Å². The zero-order valence-electron chi connectivity index (χ0n) is 17.6. The molecule has 0 bridgehead atoms. The Balaban J connectivity index is 1.46. The van der Waals surface area contributed by atoms with Crippen molar-refractivity contribution in [3.05, 3.63) is 120 Å². The summed E-state index contributed by atoms with van der Waals surface area (Å²) in [5, 5.41) is 0. The van der Waals surface area contributed by atoms with Crippen LogP contribution in [0.25, 0.3) is 0 Å². The smallest absolute Gasteiger partial charge is 0.206 e. The minimum atomic E-state index is -0.795. The molecule has 0 spiro atoms. The van der Waals surface area contributed by atoms with E-state index in [1.165, 1.54) is 6.26 Å². The van der Waals surface area contributed by atoms with Gasteiger partial charge in [0.1, 0.15) is 11.8 Å². The normalized spacial score (nSPS) is 17.6. The van der Waals surface area contributed by atoms with E-state index in [0.29, 0.717) is 18.8 Å². The Morgan fingerprint density at radius 1 is 0.750 bits per heavy atom. The Hall–Kier alpha value is -3.65. The van der Waals surface area contributed by atoms with Crippen LogP contribution in [0.5, 0.6) is 0 Å². The molecule has 0 saturated carbocycles. The summed E-state index contributed by atoms with van der Waals surface area (Å²) in [7, 11) is 0. The van der Waals surface area contributed by atoms with Gasteiger partial charge in [0.05, 0.1) is 19.8 Å². The first kappa shape index (κ1) is 21.6. The van der Waals surface area contributed by atoms with Gasteiger partial charge in [-0.3, -0.25) is 4.79 Å². The standard InChI is InChI=1S/C28H24O4/c29-27-25(17-16-22-10-4-1-5-11-22)20-31-26(21-30-18-23-12-6-2-7-13-23)28(27)32-19-24-14-8-3-9-15-24/h1-15,20,26,28H,18-19,21H2/t26-,28-/m1/s1. The van der Waals surface area contributed by atoms with Crippen molar-refractivity contribution in [1.82, 2.24) is 0 Å². The number of hydrogen-bond donors (Lipinski definition) is 0. The molecule has 0 aliphatic carbocycles. The first-order chi connectivity index (χ1) is 15.8. The van der Waals surface area contributed by atoms with E-state index in [4.69, 9.17) is 14.2 Å². The predicted octanol–water partition coefficient (Wildman–Crippen LogP) is 4.69. The lowest BCUT2D eigenvalue weighted by atomic mass is 10.0. The van der Waals surface area contributed by atoms with E-state index in [0.717, 1.165) is 16.7 Å². The summed E-state index contributed by atoms with van der Waals surface area (Å²) < 4.78 is 17.7. The molecule has 32 heavy (non-hydrogen) atoms. The van der Waals surface area contributed by atoms with Gasteiger partial charge in [-0.1, -0.05) is 90.7 Å². The maximum absolute atomic E-state index is 13.2.